The number of sulfonamides is 1. The van der Waals surface area contributed by atoms with E-state index in [1.54, 1.807) is 13.0 Å². The zero-order valence-corrected chi connectivity index (χ0v) is 13.6. The summed E-state index contributed by atoms with van der Waals surface area (Å²) in [6.45, 7) is 1.74. The molecule has 1 aromatic carbocycles. The minimum atomic E-state index is -3.91. The zero-order valence-electron chi connectivity index (χ0n) is 12.8. The number of aryl methyl sites for hydroxylation is 2. The molecular weight excluding hydrogens is 334 g/mol. The summed E-state index contributed by atoms with van der Waals surface area (Å²) >= 11 is 0. The van der Waals surface area contributed by atoms with Gasteiger partial charge in [-0.15, -0.1) is 0 Å². The van der Waals surface area contributed by atoms with Gasteiger partial charge in [-0.05, 0) is 37.3 Å². The molecule has 8 nitrogen and oxygen atoms in total. The van der Waals surface area contributed by atoms with Crippen LogP contribution in [0, 0.1) is 6.92 Å². The number of nitrogens with one attached hydrogen (secondary N) is 1. The van der Waals surface area contributed by atoms with Crippen LogP contribution in [0.15, 0.2) is 55.4 Å². The molecular formula is C15H13N3O5S. The highest BCUT2D eigenvalue weighted by Gasteiger charge is 2.17. The van der Waals surface area contributed by atoms with Gasteiger partial charge in [0.15, 0.2) is 0 Å². The van der Waals surface area contributed by atoms with Crippen molar-refractivity contribution < 1.29 is 12.8 Å². The molecule has 2 aromatic heterocycles. The van der Waals surface area contributed by atoms with Gasteiger partial charge in [-0.2, -0.15) is 0 Å². The van der Waals surface area contributed by atoms with Crippen molar-refractivity contribution in [1.29, 1.82) is 0 Å². The van der Waals surface area contributed by atoms with Crippen molar-refractivity contribution >= 4 is 26.6 Å². The summed E-state index contributed by atoms with van der Waals surface area (Å²) < 4.78 is 33.1. The highest BCUT2D eigenvalue weighted by molar-refractivity contribution is 7.92. The van der Waals surface area contributed by atoms with E-state index in [0.717, 1.165) is 4.57 Å². The van der Waals surface area contributed by atoms with Gasteiger partial charge in [-0.1, -0.05) is 0 Å². The molecule has 0 aliphatic rings. The van der Waals surface area contributed by atoms with Crippen LogP contribution in [0.3, 0.4) is 0 Å². The number of pyridine rings is 1. The van der Waals surface area contributed by atoms with Crippen molar-refractivity contribution in [1.82, 2.24) is 9.55 Å². The molecule has 0 atom stereocenters. The lowest BCUT2D eigenvalue weighted by molar-refractivity contribution is 0.432. The van der Waals surface area contributed by atoms with Gasteiger partial charge in [0.05, 0.1) is 21.5 Å². The molecule has 0 bridgehead atoms. The summed E-state index contributed by atoms with van der Waals surface area (Å²) in [5.41, 5.74) is 0.416. The molecule has 0 amide bonds. The van der Waals surface area contributed by atoms with Gasteiger partial charge >= 0.3 is 11.4 Å². The first-order valence-electron chi connectivity index (χ1n) is 6.87. The maximum Gasteiger partial charge on any atom is 0.422 e. The van der Waals surface area contributed by atoms with Crippen LogP contribution >= 0.6 is 0 Å². The minimum Gasteiger partial charge on any atom is -0.372 e. The van der Waals surface area contributed by atoms with Gasteiger partial charge in [-0.25, -0.2) is 18.0 Å². The predicted octanol–water partition coefficient (Wildman–Crippen LogP) is 0.996. The van der Waals surface area contributed by atoms with Gasteiger partial charge in [-0.3, -0.25) is 14.3 Å². The van der Waals surface area contributed by atoms with Crippen molar-refractivity contribution in [2.75, 3.05) is 4.72 Å². The molecule has 0 radical (unpaired) electrons. The van der Waals surface area contributed by atoms with Crippen molar-refractivity contribution in [3.05, 3.63) is 63.2 Å². The van der Waals surface area contributed by atoms with Crippen LogP contribution in [0.1, 0.15) is 5.69 Å². The van der Waals surface area contributed by atoms with Gasteiger partial charge in [0, 0.05) is 18.9 Å². The van der Waals surface area contributed by atoms with Crippen LogP contribution in [0.25, 0.3) is 10.9 Å². The molecule has 3 aromatic rings. The zero-order chi connectivity index (χ0) is 17.5. The summed E-state index contributed by atoms with van der Waals surface area (Å²) in [5, 5.41) is 0.00545. The van der Waals surface area contributed by atoms with Crippen molar-refractivity contribution in [3.8, 4) is 0 Å². The van der Waals surface area contributed by atoms with Gasteiger partial charge in [0.25, 0.3) is 10.0 Å². The first-order valence-corrected chi connectivity index (χ1v) is 8.35. The predicted molar refractivity (Wildman–Crippen MR) is 87.5 cm³/mol. The molecule has 0 unspecified atom stereocenters. The molecule has 124 valence electrons. The fourth-order valence-corrected chi connectivity index (χ4v) is 3.34. The van der Waals surface area contributed by atoms with Crippen LogP contribution in [0.4, 0.5) is 5.69 Å². The Morgan fingerprint density at radius 3 is 2.62 bits per heavy atom. The van der Waals surface area contributed by atoms with Gasteiger partial charge in [0.2, 0.25) is 0 Å². The van der Waals surface area contributed by atoms with E-state index >= 15 is 0 Å². The van der Waals surface area contributed by atoms with Crippen molar-refractivity contribution in [2.24, 2.45) is 7.05 Å². The monoisotopic (exact) mass is 347 g/mol. The number of benzene rings is 1. The van der Waals surface area contributed by atoms with E-state index in [9.17, 15) is 18.0 Å². The van der Waals surface area contributed by atoms with Crippen molar-refractivity contribution in [2.45, 2.75) is 11.8 Å². The third-order valence-electron chi connectivity index (χ3n) is 3.46. The van der Waals surface area contributed by atoms with Gasteiger partial charge < -0.3 is 4.42 Å². The van der Waals surface area contributed by atoms with Crippen LogP contribution in [0.2, 0.25) is 0 Å². The molecule has 0 saturated heterocycles. The number of aromatic nitrogens is 2. The van der Waals surface area contributed by atoms with Crippen LogP contribution < -0.4 is 16.1 Å². The number of nitrogens with zero attached hydrogens (tertiary/aromatic N) is 2. The van der Waals surface area contributed by atoms with Gasteiger partial charge in [0.1, 0.15) is 0 Å². The third-order valence-corrected chi connectivity index (χ3v) is 4.84. The molecule has 0 aliphatic carbocycles. The average Bonchev–Trinajstić information content (AvgIpc) is 2.52. The molecule has 9 heteroatoms. The Kier molecular flexibility index (Phi) is 3.72. The Hall–Kier alpha value is -2.94. The third kappa shape index (κ3) is 2.81. The van der Waals surface area contributed by atoms with Crippen molar-refractivity contribution in [3.63, 3.8) is 0 Å². The topological polar surface area (TPSA) is 111 Å². The SMILES string of the molecule is Cc1cc(NS(=O)(=O)c2ccc3c(c2)c(=O)oc(=O)n3C)ccn1. The fourth-order valence-electron chi connectivity index (χ4n) is 2.26. The molecule has 24 heavy (non-hydrogen) atoms. The first-order chi connectivity index (χ1) is 11.3. The number of hydrogen-bond acceptors (Lipinski definition) is 6. The van der Waals surface area contributed by atoms with Crippen LogP contribution in [-0.2, 0) is 17.1 Å². The summed E-state index contributed by atoms with van der Waals surface area (Å²) in [6.07, 6.45) is 1.48. The maximum atomic E-state index is 12.5. The largest absolute Gasteiger partial charge is 0.422 e. The average molecular weight is 347 g/mol. The fraction of sp³-hybridized carbons (Fsp3) is 0.133. The number of hydrogen-bond donors (Lipinski definition) is 1. The molecule has 3 rings (SSSR count). The molecule has 2 heterocycles. The maximum absolute atomic E-state index is 12.5. The Morgan fingerprint density at radius 1 is 1.17 bits per heavy atom. The Morgan fingerprint density at radius 2 is 1.92 bits per heavy atom. The molecule has 1 N–H and O–H groups in total. The Balaban J connectivity index is 2.12. The molecule has 0 spiro atoms. The lowest BCUT2D eigenvalue weighted by Gasteiger charge is -2.09. The summed E-state index contributed by atoms with van der Waals surface area (Å²) in [6, 6.07) is 6.98. The molecule has 0 aliphatic heterocycles. The number of rotatable bonds is 3. The van der Waals surface area contributed by atoms with E-state index in [1.807, 2.05) is 0 Å². The Bertz CT molecular complexity index is 1160. The first kappa shape index (κ1) is 15.9. The number of anilines is 1. The minimum absolute atomic E-state index is 0.00545. The standard InChI is InChI=1S/C15H13N3O5S/c1-9-7-10(5-6-16-9)17-24(21,22)11-3-4-13-12(8-11)14(19)23-15(20)18(13)2/h3-8H,1-2H3,(H,16,17). The normalized spacial score (nSPS) is 11.6. The molecule has 0 saturated carbocycles. The second kappa shape index (κ2) is 5.60. The van der Waals surface area contributed by atoms with E-state index in [4.69, 9.17) is 0 Å². The second-order valence-electron chi connectivity index (χ2n) is 5.18. The summed E-state index contributed by atoms with van der Waals surface area (Å²) in [7, 11) is -2.48. The summed E-state index contributed by atoms with van der Waals surface area (Å²) in [4.78, 5) is 27.2. The highest BCUT2D eigenvalue weighted by atomic mass is 32.2. The molecule has 0 fully saturated rings. The Labute approximate surface area is 136 Å². The van der Waals surface area contributed by atoms with E-state index in [1.165, 1.54) is 37.5 Å². The smallest absolute Gasteiger partial charge is 0.372 e. The quantitative estimate of drug-likeness (QED) is 0.756. The lowest BCUT2D eigenvalue weighted by atomic mass is 10.2. The number of fused-ring (bicyclic) bond motifs is 1. The highest BCUT2D eigenvalue weighted by Crippen LogP contribution is 2.19. The van der Waals surface area contributed by atoms with E-state index < -0.39 is 21.4 Å². The lowest BCUT2D eigenvalue weighted by Crippen LogP contribution is -2.23. The van der Waals surface area contributed by atoms with E-state index in [0.29, 0.717) is 11.4 Å². The van der Waals surface area contributed by atoms with E-state index in [-0.39, 0.29) is 15.8 Å². The van der Waals surface area contributed by atoms with Crippen LogP contribution in [0.5, 0.6) is 0 Å². The van der Waals surface area contributed by atoms with E-state index in [2.05, 4.69) is 14.1 Å². The second-order valence-corrected chi connectivity index (χ2v) is 6.87. The van der Waals surface area contributed by atoms with Crippen LogP contribution in [-0.4, -0.2) is 18.0 Å². The summed E-state index contributed by atoms with van der Waals surface area (Å²) in [5.74, 6) is -0.812.